The molecule has 0 spiro atoms. The molecule has 1 aliphatic heterocycles. The average molecular weight is 254 g/mol. The van der Waals surface area contributed by atoms with Gasteiger partial charge < -0.3 is 24.8 Å². The number of para-hydroxylation sites is 1. The van der Waals surface area contributed by atoms with Gasteiger partial charge in [0.1, 0.15) is 18.5 Å². The summed E-state index contributed by atoms with van der Waals surface area (Å²) in [5, 5.41) is 28.6. The first-order chi connectivity index (χ1) is 8.59. The van der Waals surface area contributed by atoms with Crippen LogP contribution in [0.15, 0.2) is 30.3 Å². The number of aliphatic hydroxyl groups is 3. The van der Waals surface area contributed by atoms with E-state index in [0.717, 1.165) is 0 Å². The summed E-state index contributed by atoms with van der Waals surface area (Å²) in [5.74, 6) is 0.385. The van der Waals surface area contributed by atoms with Crippen molar-refractivity contribution in [2.24, 2.45) is 5.92 Å². The van der Waals surface area contributed by atoms with Crippen molar-refractivity contribution >= 4 is 0 Å². The van der Waals surface area contributed by atoms with Crippen LogP contribution in [-0.2, 0) is 4.74 Å². The van der Waals surface area contributed by atoms with Crippen molar-refractivity contribution in [1.29, 1.82) is 0 Å². The summed E-state index contributed by atoms with van der Waals surface area (Å²) in [6.45, 7) is 1.96. The fraction of sp³-hybridized carbons (Fsp3) is 0.538. The molecule has 0 radical (unpaired) electrons. The lowest BCUT2D eigenvalue weighted by Crippen LogP contribution is -2.54. The number of benzene rings is 1. The van der Waals surface area contributed by atoms with Crippen molar-refractivity contribution in [2.45, 2.75) is 31.5 Å². The highest BCUT2D eigenvalue weighted by atomic mass is 16.6. The van der Waals surface area contributed by atoms with Crippen molar-refractivity contribution in [3.05, 3.63) is 30.3 Å². The minimum atomic E-state index is -1.37. The first-order valence-corrected chi connectivity index (χ1v) is 5.97. The van der Waals surface area contributed by atoms with Crippen LogP contribution in [0.4, 0.5) is 0 Å². The molecule has 3 N–H and O–H groups in total. The molecule has 18 heavy (non-hydrogen) atoms. The Hall–Kier alpha value is -1.14. The number of hydrogen-bond acceptors (Lipinski definition) is 5. The van der Waals surface area contributed by atoms with Gasteiger partial charge in [0.2, 0.25) is 0 Å². The van der Waals surface area contributed by atoms with E-state index in [1.165, 1.54) is 0 Å². The quantitative estimate of drug-likeness (QED) is 0.715. The molecule has 1 aromatic rings. The van der Waals surface area contributed by atoms with E-state index >= 15 is 0 Å². The average Bonchev–Trinajstić information content (AvgIpc) is 2.40. The second-order valence-corrected chi connectivity index (χ2v) is 4.53. The molecule has 0 bridgehead atoms. The van der Waals surface area contributed by atoms with E-state index < -0.39 is 24.6 Å². The maximum atomic E-state index is 9.74. The fourth-order valence-electron chi connectivity index (χ4n) is 1.97. The van der Waals surface area contributed by atoms with E-state index in [4.69, 9.17) is 9.47 Å². The highest BCUT2D eigenvalue weighted by Gasteiger charge is 2.41. The highest BCUT2D eigenvalue weighted by molar-refractivity contribution is 5.20. The number of hydrogen-bond donors (Lipinski definition) is 3. The molecule has 0 amide bonds. The maximum absolute atomic E-state index is 9.74. The minimum Gasteiger partial charge on any atom is -0.491 e. The van der Waals surface area contributed by atoms with Gasteiger partial charge in [-0.05, 0) is 12.1 Å². The first-order valence-electron chi connectivity index (χ1n) is 5.97. The number of aliphatic hydroxyl groups excluding tert-OH is 3. The molecular weight excluding hydrogens is 236 g/mol. The van der Waals surface area contributed by atoms with Gasteiger partial charge >= 0.3 is 0 Å². The van der Waals surface area contributed by atoms with Gasteiger partial charge in [-0.15, -0.1) is 0 Å². The van der Waals surface area contributed by atoms with Crippen LogP contribution in [0, 0.1) is 5.92 Å². The molecule has 0 aliphatic carbocycles. The third kappa shape index (κ3) is 2.81. The normalized spacial score (nSPS) is 36.3. The molecule has 1 saturated heterocycles. The summed E-state index contributed by atoms with van der Waals surface area (Å²) in [6, 6.07) is 9.22. The number of ether oxygens (including phenoxy) is 2. The Morgan fingerprint density at radius 2 is 1.78 bits per heavy atom. The largest absolute Gasteiger partial charge is 0.491 e. The van der Waals surface area contributed by atoms with Gasteiger partial charge in [0.15, 0.2) is 6.29 Å². The smallest absolute Gasteiger partial charge is 0.183 e. The van der Waals surface area contributed by atoms with Crippen LogP contribution < -0.4 is 4.74 Å². The third-order valence-electron chi connectivity index (χ3n) is 3.24. The molecule has 1 fully saturated rings. The molecule has 0 aromatic heterocycles. The summed E-state index contributed by atoms with van der Waals surface area (Å²) in [6.07, 6.45) is -4.12. The molecule has 3 unspecified atom stereocenters. The van der Waals surface area contributed by atoms with E-state index in [1.807, 2.05) is 30.3 Å². The van der Waals surface area contributed by atoms with Crippen molar-refractivity contribution in [3.63, 3.8) is 0 Å². The second-order valence-electron chi connectivity index (χ2n) is 4.53. The van der Waals surface area contributed by atoms with E-state index in [9.17, 15) is 15.3 Å². The van der Waals surface area contributed by atoms with Crippen LogP contribution in [0.25, 0.3) is 0 Å². The molecule has 5 nitrogen and oxygen atoms in total. The zero-order valence-corrected chi connectivity index (χ0v) is 10.1. The van der Waals surface area contributed by atoms with E-state index in [2.05, 4.69) is 0 Å². The Morgan fingerprint density at radius 1 is 1.11 bits per heavy atom. The predicted molar refractivity (Wildman–Crippen MR) is 64.0 cm³/mol. The summed E-state index contributed by atoms with van der Waals surface area (Å²) in [7, 11) is 0. The van der Waals surface area contributed by atoms with Gasteiger partial charge in [-0.2, -0.15) is 0 Å². The van der Waals surface area contributed by atoms with Gasteiger partial charge in [0.05, 0.1) is 12.2 Å². The summed E-state index contributed by atoms with van der Waals surface area (Å²) < 4.78 is 10.7. The second kappa shape index (κ2) is 5.67. The zero-order chi connectivity index (χ0) is 13.1. The Labute approximate surface area is 106 Å². The van der Waals surface area contributed by atoms with Crippen LogP contribution in [0.2, 0.25) is 0 Å². The van der Waals surface area contributed by atoms with Gasteiger partial charge in [-0.3, -0.25) is 0 Å². The topological polar surface area (TPSA) is 79.2 Å². The first kappa shape index (κ1) is 13.3. The fourth-order valence-corrected chi connectivity index (χ4v) is 1.97. The van der Waals surface area contributed by atoms with E-state index in [-0.39, 0.29) is 12.5 Å². The van der Waals surface area contributed by atoms with Crippen LogP contribution in [0.3, 0.4) is 0 Å². The maximum Gasteiger partial charge on any atom is 0.183 e. The lowest BCUT2D eigenvalue weighted by Gasteiger charge is -2.39. The molecule has 2 rings (SSSR count). The Kier molecular flexibility index (Phi) is 4.19. The van der Waals surface area contributed by atoms with Crippen LogP contribution in [-0.4, -0.2) is 46.5 Å². The van der Waals surface area contributed by atoms with Crippen molar-refractivity contribution in [1.82, 2.24) is 0 Å². The molecule has 0 saturated carbocycles. The monoisotopic (exact) mass is 254 g/mol. The Bertz CT molecular complexity index is 369. The number of rotatable bonds is 3. The Balaban J connectivity index is 1.93. The molecule has 100 valence electrons. The minimum absolute atomic E-state index is 0.214. The summed E-state index contributed by atoms with van der Waals surface area (Å²) in [5.41, 5.74) is 0. The lowest BCUT2D eigenvalue weighted by molar-refractivity contribution is -0.269. The molecule has 5 atom stereocenters. The van der Waals surface area contributed by atoms with Crippen molar-refractivity contribution in [2.75, 3.05) is 6.61 Å². The molecular formula is C13H18O5. The molecule has 1 aliphatic rings. The van der Waals surface area contributed by atoms with Crippen molar-refractivity contribution in [3.8, 4) is 5.75 Å². The van der Waals surface area contributed by atoms with Gasteiger partial charge in [-0.1, -0.05) is 25.1 Å². The molecule has 1 aromatic carbocycles. The zero-order valence-electron chi connectivity index (χ0n) is 10.1. The predicted octanol–water partition coefficient (Wildman–Crippen LogP) is 0.140. The summed E-state index contributed by atoms with van der Waals surface area (Å²) >= 11 is 0. The standard InChI is InChI=1S/C13H18O5/c1-8-10(18-13(16)12(15)11(8)14)7-17-9-5-3-2-4-6-9/h2-6,8,10-16H,7H2,1H3/t8-,10?,11?,12?,13-/m1/s1. The van der Waals surface area contributed by atoms with Gasteiger partial charge in [-0.25, -0.2) is 0 Å². The SMILES string of the molecule is C[C@@H]1C(COc2ccccc2)O[C@@H](O)C(O)C1O. The highest BCUT2D eigenvalue weighted by Crippen LogP contribution is 2.25. The summed E-state index contributed by atoms with van der Waals surface area (Å²) in [4.78, 5) is 0. The van der Waals surface area contributed by atoms with E-state index in [0.29, 0.717) is 5.75 Å². The Morgan fingerprint density at radius 3 is 2.44 bits per heavy atom. The van der Waals surface area contributed by atoms with Crippen LogP contribution >= 0.6 is 0 Å². The van der Waals surface area contributed by atoms with Crippen molar-refractivity contribution < 1.29 is 24.8 Å². The van der Waals surface area contributed by atoms with Crippen LogP contribution in [0.1, 0.15) is 6.92 Å². The van der Waals surface area contributed by atoms with Gasteiger partial charge in [0, 0.05) is 5.92 Å². The third-order valence-corrected chi connectivity index (χ3v) is 3.24. The van der Waals surface area contributed by atoms with Gasteiger partial charge in [0.25, 0.3) is 0 Å². The lowest BCUT2D eigenvalue weighted by atomic mass is 9.91. The van der Waals surface area contributed by atoms with Crippen LogP contribution in [0.5, 0.6) is 5.75 Å². The molecule has 1 heterocycles. The van der Waals surface area contributed by atoms with E-state index in [1.54, 1.807) is 6.92 Å². The molecule has 5 heteroatoms.